The van der Waals surface area contributed by atoms with Crippen LogP contribution in [0, 0.1) is 0 Å². The van der Waals surface area contributed by atoms with E-state index in [2.05, 4.69) is 0 Å². The van der Waals surface area contributed by atoms with Crippen molar-refractivity contribution < 1.29 is 13.6 Å². The van der Waals surface area contributed by atoms with Crippen molar-refractivity contribution in [1.29, 1.82) is 0 Å². The Morgan fingerprint density at radius 1 is 0.679 bits per heavy atom. The minimum atomic E-state index is -3.52. The summed E-state index contributed by atoms with van der Waals surface area (Å²) in [4.78, 5) is 0. The highest BCUT2D eigenvalue weighted by atomic mass is 31.2. The summed E-state index contributed by atoms with van der Waals surface area (Å²) < 4.78 is 24.7. The van der Waals surface area contributed by atoms with Crippen molar-refractivity contribution in [3.63, 3.8) is 0 Å². The molecule has 0 amide bonds. The summed E-state index contributed by atoms with van der Waals surface area (Å²) in [7, 11) is -0.688. The second-order valence-corrected chi connectivity index (χ2v) is 9.04. The minimum Gasteiger partial charge on any atom is -0.323 e. The van der Waals surface area contributed by atoms with Crippen molar-refractivity contribution in [2.75, 3.05) is 14.2 Å². The van der Waals surface area contributed by atoms with Crippen LogP contribution in [0.5, 0.6) is 0 Å². The molecule has 2 atom stereocenters. The third kappa shape index (κ3) is 4.26. The predicted molar refractivity (Wildman–Crippen MR) is 114 cm³/mol. The number of hydrogen-bond donors (Lipinski definition) is 1. The van der Waals surface area contributed by atoms with Gasteiger partial charge in [0.25, 0.3) is 0 Å². The van der Waals surface area contributed by atoms with Crippen molar-refractivity contribution in [2.24, 2.45) is 5.73 Å². The molecule has 0 heterocycles. The molecule has 2 unspecified atom stereocenters. The molecular weight excluding hydrogens is 369 g/mol. The van der Waals surface area contributed by atoms with Crippen LogP contribution >= 0.6 is 7.60 Å². The van der Waals surface area contributed by atoms with Crippen LogP contribution in [0.25, 0.3) is 0 Å². The molecule has 5 heteroatoms. The first-order valence-corrected chi connectivity index (χ1v) is 10.8. The lowest BCUT2D eigenvalue weighted by Gasteiger charge is -2.36. The van der Waals surface area contributed by atoms with Gasteiger partial charge in [0.15, 0.2) is 0 Å². The molecule has 0 saturated carbocycles. The molecular formula is C23H26NO3P. The highest BCUT2D eigenvalue weighted by Crippen LogP contribution is 2.60. The second-order valence-electron chi connectivity index (χ2n) is 6.63. The summed E-state index contributed by atoms with van der Waals surface area (Å²) in [5.41, 5.74) is 9.03. The van der Waals surface area contributed by atoms with E-state index in [0.29, 0.717) is 0 Å². The lowest BCUT2D eigenvalue weighted by atomic mass is 9.84. The molecule has 3 rings (SSSR count). The Labute approximate surface area is 166 Å². The molecule has 0 bridgehead atoms. The second kappa shape index (κ2) is 9.31. The van der Waals surface area contributed by atoms with E-state index >= 15 is 0 Å². The van der Waals surface area contributed by atoms with Crippen molar-refractivity contribution in [3.8, 4) is 0 Å². The molecule has 0 spiro atoms. The van der Waals surface area contributed by atoms with E-state index in [1.54, 1.807) is 0 Å². The molecule has 0 aliphatic carbocycles. The summed E-state index contributed by atoms with van der Waals surface area (Å²) in [5.74, 6) is -0.261. The lowest BCUT2D eigenvalue weighted by Crippen LogP contribution is -2.33. The van der Waals surface area contributed by atoms with Gasteiger partial charge in [-0.05, 0) is 16.7 Å². The van der Waals surface area contributed by atoms with Gasteiger partial charge in [0.2, 0.25) is 0 Å². The molecule has 2 N–H and O–H groups in total. The van der Waals surface area contributed by atoms with Crippen LogP contribution in [-0.4, -0.2) is 19.9 Å². The minimum absolute atomic E-state index is 0.261. The smallest absolute Gasteiger partial charge is 0.323 e. The Morgan fingerprint density at radius 2 is 1.04 bits per heavy atom. The van der Waals surface area contributed by atoms with E-state index in [1.165, 1.54) is 14.2 Å². The molecule has 0 radical (unpaired) electrons. The van der Waals surface area contributed by atoms with E-state index in [9.17, 15) is 4.57 Å². The Bertz CT molecular complexity index is 855. The van der Waals surface area contributed by atoms with Crippen LogP contribution < -0.4 is 5.73 Å². The van der Waals surface area contributed by atoms with Gasteiger partial charge in [0, 0.05) is 26.2 Å². The zero-order valence-corrected chi connectivity index (χ0v) is 17.0. The average Bonchev–Trinajstić information content (AvgIpc) is 2.78. The topological polar surface area (TPSA) is 61.5 Å². The third-order valence-corrected chi connectivity index (χ3v) is 7.45. The maximum atomic E-state index is 13.7. The maximum absolute atomic E-state index is 13.7. The van der Waals surface area contributed by atoms with Gasteiger partial charge in [-0.1, -0.05) is 91.0 Å². The molecule has 4 nitrogen and oxygen atoms in total. The van der Waals surface area contributed by atoms with E-state index < -0.39 is 19.3 Å². The molecule has 0 aromatic heterocycles. The SMILES string of the molecule is COP(=O)(OC)C(C(N)c1ccccc1)C(c1ccccc1)c1ccccc1. The molecule has 3 aromatic carbocycles. The number of rotatable bonds is 8. The molecule has 0 fully saturated rings. The predicted octanol–water partition coefficient (Wildman–Crippen LogP) is 5.37. The fourth-order valence-electron chi connectivity index (χ4n) is 3.68. The molecule has 0 saturated heterocycles. The highest BCUT2D eigenvalue weighted by molar-refractivity contribution is 7.54. The summed E-state index contributed by atoms with van der Waals surface area (Å²) >= 11 is 0. The maximum Gasteiger partial charge on any atom is 0.336 e. The van der Waals surface area contributed by atoms with Crippen LogP contribution in [-0.2, 0) is 13.6 Å². The highest BCUT2D eigenvalue weighted by Gasteiger charge is 2.45. The fraction of sp³-hybridized carbons (Fsp3) is 0.217. The Balaban J connectivity index is 2.21. The van der Waals surface area contributed by atoms with Gasteiger partial charge in [-0.2, -0.15) is 0 Å². The largest absolute Gasteiger partial charge is 0.336 e. The van der Waals surface area contributed by atoms with Crippen LogP contribution in [0.2, 0.25) is 0 Å². The van der Waals surface area contributed by atoms with Gasteiger partial charge in [0.1, 0.15) is 0 Å². The van der Waals surface area contributed by atoms with Crippen LogP contribution in [0.1, 0.15) is 28.7 Å². The van der Waals surface area contributed by atoms with Crippen LogP contribution in [0.3, 0.4) is 0 Å². The molecule has 3 aromatic rings. The fourth-order valence-corrected chi connectivity index (χ4v) is 5.60. The van der Waals surface area contributed by atoms with E-state index in [1.807, 2.05) is 91.0 Å². The summed E-state index contributed by atoms with van der Waals surface area (Å²) in [5, 5.41) is 0. The first-order valence-electron chi connectivity index (χ1n) is 9.22. The Morgan fingerprint density at radius 3 is 1.39 bits per heavy atom. The number of benzene rings is 3. The Kier molecular flexibility index (Phi) is 6.82. The summed E-state index contributed by atoms with van der Waals surface area (Å²) in [6.07, 6.45) is 0. The number of nitrogens with two attached hydrogens (primary N) is 1. The van der Waals surface area contributed by atoms with E-state index in [0.717, 1.165) is 16.7 Å². The van der Waals surface area contributed by atoms with Crippen molar-refractivity contribution in [3.05, 3.63) is 108 Å². The summed E-state index contributed by atoms with van der Waals surface area (Å²) in [6.45, 7) is 0. The van der Waals surface area contributed by atoms with Crippen molar-refractivity contribution in [1.82, 2.24) is 0 Å². The quantitative estimate of drug-likeness (QED) is 0.521. The van der Waals surface area contributed by atoms with Gasteiger partial charge in [-0.3, -0.25) is 4.57 Å². The zero-order chi connectivity index (χ0) is 20.0. The van der Waals surface area contributed by atoms with Crippen LogP contribution in [0.4, 0.5) is 0 Å². The van der Waals surface area contributed by atoms with Gasteiger partial charge < -0.3 is 14.8 Å². The molecule has 146 valence electrons. The molecule has 0 aliphatic rings. The van der Waals surface area contributed by atoms with Gasteiger partial charge in [-0.15, -0.1) is 0 Å². The first kappa shape index (κ1) is 20.5. The first-order chi connectivity index (χ1) is 13.6. The van der Waals surface area contributed by atoms with E-state index in [-0.39, 0.29) is 5.92 Å². The Hall–Kier alpha value is -2.23. The normalized spacial score (nSPS) is 14.0. The number of hydrogen-bond acceptors (Lipinski definition) is 4. The van der Waals surface area contributed by atoms with Gasteiger partial charge in [-0.25, -0.2) is 0 Å². The van der Waals surface area contributed by atoms with Crippen molar-refractivity contribution in [2.45, 2.75) is 17.6 Å². The summed E-state index contributed by atoms with van der Waals surface area (Å²) in [6, 6.07) is 29.1. The van der Waals surface area contributed by atoms with Crippen molar-refractivity contribution >= 4 is 7.60 Å². The standard InChI is InChI=1S/C23H26NO3P/c1-26-28(25,27-2)23(22(24)20-16-10-5-11-17-20)21(18-12-6-3-7-13-18)19-14-8-4-9-15-19/h3-17,21-23H,24H2,1-2H3. The molecule has 0 aliphatic heterocycles. The molecule has 28 heavy (non-hydrogen) atoms. The third-order valence-electron chi connectivity index (χ3n) is 5.09. The lowest BCUT2D eigenvalue weighted by molar-refractivity contribution is 0.256. The monoisotopic (exact) mass is 395 g/mol. The van der Waals surface area contributed by atoms with Crippen LogP contribution in [0.15, 0.2) is 91.0 Å². The zero-order valence-electron chi connectivity index (χ0n) is 16.1. The van der Waals surface area contributed by atoms with Gasteiger partial charge >= 0.3 is 7.60 Å². The van der Waals surface area contributed by atoms with Gasteiger partial charge in [0.05, 0.1) is 5.66 Å². The van der Waals surface area contributed by atoms with E-state index in [4.69, 9.17) is 14.8 Å². The average molecular weight is 395 g/mol.